The van der Waals surface area contributed by atoms with E-state index in [0.717, 1.165) is 17.8 Å². The van der Waals surface area contributed by atoms with Gasteiger partial charge in [-0.1, -0.05) is 83.6 Å². The standard InChI is InChI=1S/C19H33NOS/c1-2-3-4-5-6-7-8-9-10-11-12-13-16-20-19(21)18-15-14-17-22-18/h14-15,17H,2-13,16H2,1H3,(H,20,21). The molecule has 2 nitrogen and oxygen atoms in total. The molecule has 0 aromatic carbocycles. The first-order chi connectivity index (χ1) is 10.8. The van der Waals surface area contributed by atoms with Gasteiger partial charge in [0.05, 0.1) is 4.88 Å². The van der Waals surface area contributed by atoms with E-state index < -0.39 is 0 Å². The monoisotopic (exact) mass is 323 g/mol. The Kier molecular flexibility index (Phi) is 12.1. The van der Waals surface area contributed by atoms with Crippen LogP contribution in [-0.2, 0) is 0 Å². The van der Waals surface area contributed by atoms with Gasteiger partial charge in [-0.15, -0.1) is 11.3 Å². The average Bonchev–Trinajstić information content (AvgIpc) is 3.06. The summed E-state index contributed by atoms with van der Waals surface area (Å²) in [7, 11) is 0. The van der Waals surface area contributed by atoms with Crippen molar-refractivity contribution in [1.29, 1.82) is 0 Å². The van der Waals surface area contributed by atoms with Gasteiger partial charge >= 0.3 is 0 Å². The molecule has 0 atom stereocenters. The van der Waals surface area contributed by atoms with E-state index in [-0.39, 0.29) is 5.91 Å². The molecule has 0 saturated heterocycles. The number of carbonyl (C=O) groups is 1. The van der Waals surface area contributed by atoms with Crippen molar-refractivity contribution in [3.05, 3.63) is 22.4 Å². The molecule has 1 heterocycles. The van der Waals surface area contributed by atoms with Gasteiger partial charge in [-0.2, -0.15) is 0 Å². The maximum absolute atomic E-state index is 11.7. The molecule has 1 N–H and O–H groups in total. The molecule has 22 heavy (non-hydrogen) atoms. The zero-order chi connectivity index (χ0) is 15.9. The lowest BCUT2D eigenvalue weighted by Crippen LogP contribution is -2.23. The largest absolute Gasteiger partial charge is 0.351 e. The van der Waals surface area contributed by atoms with Crippen LogP contribution in [0.15, 0.2) is 17.5 Å². The van der Waals surface area contributed by atoms with Crippen molar-refractivity contribution in [2.24, 2.45) is 0 Å². The molecule has 126 valence electrons. The normalized spacial score (nSPS) is 10.8. The van der Waals surface area contributed by atoms with Gasteiger partial charge in [0.1, 0.15) is 0 Å². The van der Waals surface area contributed by atoms with Gasteiger partial charge in [-0.25, -0.2) is 0 Å². The molecule has 1 amide bonds. The highest BCUT2D eigenvalue weighted by atomic mass is 32.1. The first kappa shape index (κ1) is 19.2. The summed E-state index contributed by atoms with van der Waals surface area (Å²) in [6.45, 7) is 3.09. The van der Waals surface area contributed by atoms with Crippen molar-refractivity contribution >= 4 is 17.2 Å². The topological polar surface area (TPSA) is 29.1 Å². The minimum Gasteiger partial charge on any atom is -0.351 e. The number of hydrogen-bond acceptors (Lipinski definition) is 2. The fourth-order valence-corrected chi connectivity index (χ4v) is 3.30. The molecule has 0 spiro atoms. The quantitative estimate of drug-likeness (QED) is 0.407. The van der Waals surface area contributed by atoms with E-state index in [1.165, 1.54) is 82.0 Å². The lowest BCUT2D eigenvalue weighted by atomic mass is 10.1. The molecule has 1 aromatic heterocycles. The summed E-state index contributed by atoms with van der Waals surface area (Å²) in [5, 5.41) is 4.94. The number of unbranched alkanes of at least 4 members (excludes halogenated alkanes) is 11. The van der Waals surface area contributed by atoms with Crippen LogP contribution in [0.3, 0.4) is 0 Å². The number of thiophene rings is 1. The van der Waals surface area contributed by atoms with Crippen LogP contribution >= 0.6 is 11.3 Å². The number of amides is 1. The minimum atomic E-state index is 0.0815. The van der Waals surface area contributed by atoms with Crippen LogP contribution in [-0.4, -0.2) is 12.5 Å². The SMILES string of the molecule is CCCCCCCCCCCCCCNC(=O)c1cccs1. The number of nitrogens with one attached hydrogen (secondary N) is 1. The third-order valence-electron chi connectivity index (χ3n) is 4.06. The Morgan fingerprint density at radius 2 is 1.45 bits per heavy atom. The van der Waals surface area contributed by atoms with Gasteiger partial charge < -0.3 is 5.32 Å². The molecule has 0 aliphatic carbocycles. The molecule has 0 fully saturated rings. The number of hydrogen-bond donors (Lipinski definition) is 1. The Hall–Kier alpha value is -0.830. The van der Waals surface area contributed by atoms with Crippen LogP contribution in [0, 0.1) is 0 Å². The average molecular weight is 324 g/mol. The molecule has 1 aromatic rings. The van der Waals surface area contributed by atoms with Crippen LogP contribution in [0.4, 0.5) is 0 Å². The van der Waals surface area contributed by atoms with Crippen molar-refractivity contribution in [3.8, 4) is 0 Å². The Morgan fingerprint density at radius 3 is 1.95 bits per heavy atom. The fourth-order valence-electron chi connectivity index (χ4n) is 2.66. The van der Waals surface area contributed by atoms with Crippen molar-refractivity contribution in [2.75, 3.05) is 6.54 Å². The van der Waals surface area contributed by atoms with Gasteiger partial charge in [0.15, 0.2) is 0 Å². The predicted molar refractivity (Wildman–Crippen MR) is 97.7 cm³/mol. The molecule has 1 rings (SSSR count). The Morgan fingerprint density at radius 1 is 0.909 bits per heavy atom. The van der Waals surface area contributed by atoms with E-state index in [1.807, 2.05) is 17.5 Å². The third-order valence-corrected chi connectivity index (χ3v) is 4.93. The van der Waals surface area contributed by atoms with Crippen molar-refractivity contribution < 1.29 is 4.79 Å². The first-order valence-electron chi connectivity index (χ1n) is 9.16. The van der Waals surface area contributed by atoms with E-state index in [0.29, 0.717) is 0 Å². The van der Waals surface area contributed by atoms with E-state index in [1.54, 1.807) is 0 Å². The molecule has 3 heteroatoms. The summed E-state index contributed by atoms with van der Waals surface area (Å²) < 4.78 is 0. The Labute approximate surface area is 140 Å². The third kappa shape index (κ3) is 9.99. The summed E-state index contributed by atoms with van der Waals surface area (Å²) in [6.07, 6.45) is 16.2. The van der Waals surface area contributed by atoms with Crippen LogP contribution in [0.2, 0.25) is 0 Å². The first-order valence-corrected chi connectivity index (χ1v) is 10.0. The zero-order valence-electron chi connectivity index (χ0n) is 14.2. The lowest BCUT2D eigenvalue weighted by molar-refractivity contribution is 0.0957. The van der Waals surface area contributed by atoms with E-state index in [4.69, 9.17) is 0 Å². The summed E-state index contributed by atoms with van der Waals surface area (Å²) in [5.41, 5.74) is 0. The van der Waals surface area contributed by atoms with Crippen molar-refractivity contribution in [2.45, 2.75) is 84.0 Å². The van der Waals surface area contributed by atoms with Gasteiger partial charge in [0.25, 0.3) is 5.91 Å². The zero-order valence-corrected chi connectivity index (χ0v) is 15.1. The summed E-state index contributed by atoms with van der Waals surface area (Å²) >= 11 is 1.50. The lowest BCUT2D eigenvalue weighted by Gasteiger charge is -2.04. The highest BCUT2D eigenvalue weighted by Crippen LogP contribution is 2.12. The predicted octanol–water partition coefficient (Wildman–Crippen LogP) is 6.18. The van der Waals surface area contributed by atoms with Crippen LogP contribution in [0.5, 0.6) is 0 Å². The summed E-state index contributed by atoms with van der Waals surface area (Å²) in [5.74, 6) is 0.0815. The summed E-state index contributed by atoms with van der Waals surface area (Å²) in [4.78, 5) is 12.5. The molecule has 0 saturated carbocycles. The van der Waals surface area contributed by atoms with E-state index >= 15 is 0 Å². The molecular formula is C19H33NOS. The molecule has 0 bridgehead atoms. The second-order valence-electron chi connectivity index (χ2n) is 6.12. The van der Waals surface area contributed by atoms with Crippen LogP contribution in [0.25, 0.3) is 0 Å². The Bertz CT molecular complexity index is 362. The smallest absolute Gasteiger partial charge is 0.261 e. The highest BCUT2D eigenvalue weighted by Gasteiger charge is 2.04. The van der Waals surface area contributed by atoms with Crippen molar-refractivity contribution in [1.82, 2.24) is 5.32 Å². The van der Waals surface area contributed by atoms with Crippen LogP contribution < -0.4 is 5.32 Å². The van der Waals surface area contributed by atoms with Crippen LogP contribution in [0.1, 0.15) is 93.6 Å². The van der Waals surface area contributed by atoms with E-state index in [9.17, 15) is 4.79 Å². The minimum absolute atomic E-state index is 0.0815. The van der Waals surface area contributed by atoms with Gasteiger partial charge in [0.2, 0.25) is 0 Å². The van der Waals surface area contributed by atoms with Gasteiger partial charge in [-0.3, -0.25) is 4.79 Å². The molecular weight excluding hydrogens is 290 g/mol. The van der Waals surface area contributed by atoms with Gasteiger partial charge in [0, 0.05) is 6.54 Å². The molecule has 0 radical (unpaired) electrons. The number of carbonyl (C=O) groups excluding carboxylic acids is 1. The van der Waals surface area contributed by atoms with Crippen molar-refractivity contribution in [3.63, 3.8) is 0 Å². The maximum atomic E-state index is 11.7. The molecule has 0 aliphatic heterocycles. The second kappa shape index (κ2) is 13.8. The maximum Gasteiger partial charge on any atom is 0.261 e. The fraction of sp³-hybridized carbons (Fsp3) is 0.737. The molecule has 0 unspecified atom stereocenters. The molecule has 0 aliphatic rings. The second-order valence-corrected chi connectivity index (χ2v) is 7.07. The summed E-state index contributed by atoms with van der Waals surface area (Å²) in [6, 6.07) is 3.80. The van der Waals surface area contributed by atoms with E-state index in [2.05, 4.69) is 12.2 Å². The van der Waals surface area contributed by atoms with Gasteiger partial charge in [-0.05, 0) is 17.9 Å². The Balaban J connectivity index is 1.77. The number of rotatable bonds is 14. The highest BCUT2D eigenvalue weighted by molar-refractivity contribution is 7.12.